The van der Waals surface area contributed by atoms with Crippen molar-refractivity contribution >= 4 is 5.78 Å². The Labute approximate surface area is 84.3 Å². The van der Waals surface area contributed by atoms with Crippen molar-refractivity contribution in [1.29, 1.82) is 0 Å². The highest BCUT2D eigenvalue weighted by Gasteiger charge is 2.05. The number of hydrogen-bond donors (Lipinski definition) is 0. The molecule has 0 saturated heterocycles. The van der Waals surface area contributed by atoms with Crippen molar-refractivity contribution in [2.24, 2.45) is 0 Å². The van der Waals surface area contributed by atoms with Crippen molar-refractivity contribution in [3.63, 3.8) is 0 Å². The van der Waals surface area contributed by atoms with Gasteiger partial charge < -0.3 is 0 Å². The molecule has 0 fully saturated rings. The van der Waals surface area contributed by atoms with Crippen molar-refractivity contribution in [3.8, 4) is 0 Å². The molecule has 4 heteroatoms. The van der Waals surface area contributed by atoms with Gasteiger partial charge >= 0.3 is 0 Å². The Bertz CT molecular complexity index is 293. The van der Waals surface area contributed by atoms with Crippen LogP contribution in [-0.2, 0) is 17.8 Å². The van der Waals surface area contributed by atoms with E-state index in [-0.39, 0.29) is 0 Å². The van der Waals surface area contributed by atoms with Crippen molar-refractivity contribution in [3.05, 3.63) is 12.2 Å². The third-order valence-corrected chi connectivity index (χ3v) is 2.15. The van der Waals surface area contributed by atoms with Crippen LogP contribution in [0.4, 0.5) is 0 Å². The number of Topliss-reactive ketones (excluding diaryl/α,β-unsaturated/α-hetero) is 1. The second kappa shape index (κ2) is 5.52. The minimum atomic E-state index is 0.318. The van der Waals surface area contributed by atoms with Gasteiger partial charge in [0.15, 0.2) is 0 Å². The maximum absolute atomic E-state index is 11.3. The Balaban J connectivity index is 2.41. The van der Waals surface area contributed by atoms with E-state index in [1.54, 1.807) is 6.33 Å². The van der Waals surface area contributed by atoms with Gasteiger partial charge in [0.25, 0.3) is 0 Å². The molecule has 0 bridgehead atoms. The van der Waals surface area contributed by atoms with E-state index in [4.69, 9.17) is 0 Å². The Kier molecular flexibility index (Phi) is 4.29. The zero-order valence-electron chi connectivity index (χ0n) is 8.86. The van der Waals surface area contributed by atoms with Crippen LogP contribution in [-0.4, -0.2) is 20.5 Å². The molecule has 0 amide bonds. The SMILES string of the molecule is CCCC(=O)CCc1ncnn1CC. The lowest BCUT2D eigenvalue weighted by atomic mass is 10.1. The number of rotatable bonds is 6. The summed E-state index contributed by atoms with van der Waals surface area (Å²) < 4.78 is 1.83. The Morgan fingerprint density at radius 1 is 1.43 bits per heavy atom. The van der Waals surface area contributed by atoms with Crippen molar-refractivity contribution < 1.29 is 4.79 Å². The summed E-state index contributed by atoms with van der Waals surface area (Å²) in [5.74, 6) is 1.23. The maximum Gasteiger partial charge on any atom is 0.138 e. The van der Waals surface area contributed by atoms with Gasteiger partial charge in [-0.2, -0.15) is 5.10 Å². The van der Waals surface area contributed by atoms with Gasteiger partial charge in [-0.05, 0) is 13.3 Å². The van der Waals surface area contributed by atoms with Crippen molar-refractivity contribution in [1.82, 2.24) is 14.8 Å². The fourth-order valence-electron chi connectivity index (χ4n) is 1.40. The van der Waals surface area contributed by atoms with E-state index in [1.165, 1.54) is 0 Å². The molecule has 14 heavy (non-hydrogen) atoms. The highest BCUT2D eigenvalue weighted by Crippen LogP contribution is 2.02. The van der Waals surface area contributed by atoms with E-state index in [1.807, 2.05) is 18.5 Å². The molecule has 0 unspecified atom stereocenters. The van der Waals surface area contributed by atoms with Crippen molar-refractivity contribution in [2.45, 2.75) is 46.1 Å². The highest BCUT2D eigenvalue weighted by atomic mass is 16.1. The summed E-state index contributed by atoms with van der Waals surface area (Å²) >= 11 is 0. The predicted molar refractivity (Wildman–Crippen MR) is 53.9 cm³/mol. The number of nitrogens with zero attached hydrogens (tertiary/aromatic N) is 3. The Morgan fingerprint density at radius 3 is 2.86 bits per heavy atom. The fraction of sp³-hybridized carbons (Fsp3) is 0.700. The Morgan fingerprint density at radius 2 is 2.21 bits per heavy atom. The number of carbonyl (C=O) groups is 1. The van der Waals surface area contributed by atoms with Gasteiger partial charge in [-0.1, -0.05) is 6.92 Å². The highest BCUT2D eigenvalue weighted by molar-refractivity contribution is 5.78. The molecule has 0 spiro atoms. The van der Waals surface area contributed by atoms with E-state index in [9.17, 15) is 4.79 Å². The first-order valence-corrected chi connectivity index (χ1v) is 5.16. The topological polar surface area (TPSA) is 47.8 Å². The third kappa shape index (κ3) is 2.94. The molecule has 0 saturated carbocycles. The average molecular weight is 195 g/mol. The molecule has 78 valence electrons. The van der Waals surface area contributed by atoms with Crippen LogP contribution < -0.4 is 0 Å². The molecule has 0 aliphatic heterocycles. The van der Waals surface area contributed by atoms with Crippen LogP contribution >= 0.6 is 0 Å². The molecule has 1 aromatic rings. The summed E-state index contributed by atoms with van der Waals surface area (Å²) in [6.45, 7) is 4.86. The van der Waals surface area contributed by atoms with Gasteiger partial charge in [0, 0.05) is 25.8 Å². The second-order valence-corrected chi connectivity index (χ2v) is 3.28. The van der Waals surface area contributed by atoms with E-state index in [2.05, 4.69) is 10.1 Å². The molecular weight excluding hydrogens is 178 g/mol. The number of aryl methyl sites for hydroxylation is 2. The lowest BCUT2D eigenvalue weighted by molar-refractivity contribution is -0.119. The molecule has 1 aromatic heterocycles. The maximum atomic E-state index is 11.3. The van der Waals surface area contributed by atoms with Gasteiger partial charge in [0.05, 0.1) is 0 Å². The molecule has 0 radical (unpaired) electrons. The van der Waals surface area contributed by atoms with Gasteiger partial charge in [-0.3, -0.25) is 9.48 Å². The minimum absolute atomic E-state index is 0.318. The van der Waals surface area contributed by atoms with E-state index < -0.39 is 0 Å². The zero-order chi connectivity index (χ0) is 10.4. The smallest absolute Gasteiger partial charge is 0.138 e. The average Bonchev–Trinajstić information content (AvgIpc) is 2.62. The van der Waals surface area contributed by atoms with Crippen molar-refractivity contribution in [2.75, 3.05) is 0 Å². The predicted octanol–water partition coefficient (Wildman–Crippen LogP) is 1.60. The first kappa shape index (κ1) is 10.9. The molecule has 0 aromatic carbocycles. The molecule has 1 rings (SSSR count). The minimum Gasteiger partial charge on any atom is -0.300 e. The zero-order valence-corrected chi connectivity index (χ0v) is 8.86. The second-order valence-electron chi connectivity index (χ2n) is 3.28. The monoisotopic (exact) mass is 195 g/mol. The van der Waals surface area contributed by atoms with E-state index >= 15 is 0 Å². The number of carbonyl (C=O) groups excluding carboxylic acids is 1. The summed E-state index contributed by atoms with van der Waals surface area (Å²) in [5, 5.41) is 4.05. The van der Waals surface area contributed by atoms with Crippen LogP contribution in [0.2, 0.25) is 0 Å². The summed E-state index contributed by atoms with van der Waals surface area (Å²) in [7, 11) is 0. The van der Waals surface area contributed by atoms with Crippen LogP contribution in [0.3, 0.4) is 0 Å². The first-order valence-electron chi connectivity index (χ1n) is 5.16. The number of aromatic nitrogens is 3. The lowest BCUT2D eigenvalue weighted by Crippen LogP contribution is -2.07. The molecule has 0 aliphatic rings. The van der Waals surface area contributed by atoms with Gasteiger partial charge in [-0.15, -0.1) is 0 Å². The molecule has 1 heterocycles. The van der Waals surface area contributed by atoms with Crippen LogP contribution in [0.5, 0.6) is 0 Å². The molecule has 4 nitrogen and oxygen atoms in total. The molecular formula is C10H17N3O. The lowest BCUT2D eigenvalue weighted by Gasteiger charge is -2.01. The Hall–Kier alpha value is -1.19. The molecule has 0 atom stereocenters. The van der Waals surface area contributed by atoms with Gasteiger partial charge in [-0.25, -0.2) is 4.98 Å². The fourth-order valence-corrected chi connectivity index (χ4v) is 1.40. The van der Waals surface area contributed by atoms with Gasteiger partial charge in [0.2, 0.25) is 0 Å². The van der Waals surface area contributed by atoms with Crippen LogP contribution in [0.25, 0.3) is 0 Å². The quantitative estimate of drug-likeness (QED) is 0.692. The molecule has 0 N–H and O–H groups in total. The van der Waals surface area contributed by atoms with Crippen LogP contribution in [0.1, 0.15) is 38.9 Å². The largest absolute Gasteiger partial charge is 0.300 e. The van der Waals surface area contributed by atoms with Crippen LogP contribution in [0.15, 0.2) is 6.33 Å². The van der Waals surface area contributed by atoms with Gasteiger partial charge in [0.1, 0.15) is 17.9 Å². The van der Waals surface area contributed by atoms with Crippen LogP contribution in [0, 0.1) is 0 Å². The summed E-state index contributed by atoms with van der Waals surface area (Å²) in [6, 6.07) is 0. The van der Waals surface area contributed by atoms with E-state index in [0.717, 1.165) is 18.8 Å². The third-order valence-electron chi connectivity index (χ3n) is 2.15. The first-order chi connectivity index (χ1) is 6.77. The molecule has 0 aliphatic carbocycles. The summed E-state index contributed by atoms with van der Waals surface area (Å²) in [4.78, 5) is 15.4. The summed E-state index contributed by atoms with van der Waals surface area (Å²) in [6.07, 6.45) is 4.46. The standard InChI is InChI=1S/C10H17N3O/c1-3-5-9(14)6-7-10-11-8-12-13(10)4-2/h8H,3-7H2,1-2H3. The van der Waals surface area contributed by atoms with E-state index in [0.29, 0.717) is 25.0 Å². The normalized spacial score (nSPS) is 10.4. The summed E-state index contributed by atoms with van der Waals surface area (Å²) in [5.41, 5.74) is 0. The number of hydrogen-bond acceptors (Lipinski definition) is 3. The number of ketones is 1.